The van der Waals surface area contributed by atoms with E-state index in [-0.39, 0.29) is 24.2 Å². The summed E-state index contributed by atoms with van der Waals surface area (Å²) in [5.74, 6) is 3.41. The fraction of sp³-hybridized carbons (Fsp3) is 0.116. The van der Waals surface area contributed by atoms with Gasteiger partial charge in [0.1, 0.15) is 12.3 Å². The molecule has 0 saturated heterocycles. The van der Waals surface area contributed by atoms with Crippen LogP contribution in [0.2, 0.25) is 0 Å². The molecule has 0 spiro atoms. The van der Waals surface area contributed by atoms with Crippen molar-refractivity contribution >= 4 is 62.6 Å². The third kappa shape index (κ3) is 3.95. The van der Waals surface area contributed by atoms with Crippen molar-refractivity contribution in [2.24, 2.45) is 5.92 Å². The van der Waals surface area contributed by atoms with Gasteiger partial charge in [0.2, 0.25) is 0 Å². The number of hydrogen-bond donors (Lipinski definition) is 0. The van der Waals surface area contributed by atoms with E-state index < -0.39 is 0 Å². The van der Waals surface area contributed by atoms with E-state index in [1.807, 2.05) is 18.3 Å². The Labute approximate surface area is 295 Å². The molecule has 51 heavy (non-hydrogen) atoms. The summed E-state index contributed by atoms with van der Waals surface area (Å²) in [6, 6.07) is 47.0. The zero-order valence-electron chi connectivity index (χ0n) is 27.7. The van der Waals surface area contributed by atoms with Crippen LogP contribution in [0.5, 0.6) is 0 Å². The van der Waals surface area contributed by atoms with E-state index in [0.29, 0.717) is 0 Å². The monoisotopic (exact) mass is 660 g/mol. The molecule has 244 valence electrons. The van der Waals surface area contributed by atoms with Crippen LogP contribution in [0.4, 0.5) is 46.0 Å². The van der Waals surface area contributed by atoms with E-state index in [0.717, 1.165) is 74.6 Å². The van der Waals surface area contributed by atoms with Crippen LogP contribution in [0.1, 0.15) is 23.5 Å². The van der Waals surface area contributed by atoms with Gasteiger partial charge in [0, 0.05) is 46.9 Å². The van der Waals surface area contributed by atoms with Crippen LogP contribution in [0.25, 0.3) is 16.6 Å². The predicted molar refractivity (Wildman–Crippen MR) is 203 cm³/mol. The number of anilines is 8. The van der Waals surface area contributed by atoms with Gasteiger partial charge in [-0.2, -0.15) is 0 Å². The summed E-state index contributed by atoms with van der Waals surface area (Å²) < 4.78 is 0. The molecule has 0 radical (unpaired) electrons. The number of aromatic nitrogens is 4. The third-order valence-corrected chi connectivity index (χ3v) is 11.0. The number of nitrogens with zero attached hydrogens (tertiary/aromatic N) is 8. The number of allylic oxidation sites excluding steroid dienone is 1. The molecule has 4 aliphatic rings. The Morgan fingerprint density at radius 2 is 0.980 bits per heavy atom. The summed E-state index contributed by atoms with van der Waals surface area (Å²) in [6.07, 6.45) is 3.97. The van der Waals surface area contributed by atoms with Crippen LogP contribution in [-0.4, -0.2) is 32.3 Å². The molecule has 0 fully saturated rings. The standard InChI is InChI=1S/C43H32N8/c1-27-26-32-31-19-9-13-23-36(31)51-41-40(46-33-20-10-11-21-34(33)47-41)49(29-16-6-3-7-17-29)43(51)37(32)42-48(28-14-4-2-5-15-28)38-39(45-25-24-44-38)50(42)35-22-12-8-18-30(27)35/h2-25,32,37,42-43H,1,26H2. The molecular weight excluding hydrogens is 629 g/mol. The first-order chi connectivity index (χ1) is 25.3. The summed E-state index contributed by atoms with van der Waals surface area (Å²) in [5, 5.41) is 0. The Balaban J connectivity index is 1.26. The van der Waals surface area contributed by atoms with Gasteiger partial charge < -0.3 is 19.6 Å². The van der Waals surface area contributed by atoms with Gasteiger partial charge in [-0.3, -0.25) is 0 Å². The normalized spacial score (nSPS) is 21.1. The van der Waals surface area contributed by atoms with Gasteiger partial charge in [0.15, 0.2) is 23.3 Å². The fourth-order valence-electron chi connectivity index (χ4n) is 9.03. The molecule has 7 aromatic rings. The molecule has 0 bridgehead atoms. The van der Waals surface area contributed by atoms with Crippen molar-refractivity contribution in [2.45, 2.75) is 24.7 Å². The van der Waals surface area contributed by atoms with Crippen LogP contribution in [0.15, 0.2) is 152 Å². The first-order valence-corrected chi connectivity index (χ1v) is 17.5. The molecule has 8 nitrogen and oxygen atoms in total. The Kier molecular flexibility index (Phi) is 5.96. The molecule has 0 amide bonds. The number of rotatable bonds is 2. The van der Waals surface area contributed by atoms with Crippen LogP contribution < -0.4 is 19.6 Å². The van der Waals surface area contributed by atoms with Crippen molar-refractivity contribution in [3.63, 3.8) is 0 Å². The van der Waals surface area contributed by atoms with Gasteiger partial charge in [0.25, 0.3) is 0 Å². The minimum Gasteiger partial charge on any atom is -0.301 e. The molecule has 4 aliphatic heterocycles. The predicted octanol–water partition coefficient (Wildman–Crippen LogP) is 9.48. The maximum Gasteiger partial charge on any atom is 0.179 e. The molecule has 0 aliphatic carbocycles. The van der Waals surface area contributed by atoms with Gasteiger partial charge in [-0.15, -0.1) is 0 Å². The minimum atomic E-state index is -0.222. The molecule has 0 saturated carbocycles. The van der Waals surface area contributed by atoms with E-state index >= 15 is 0 Å². The van der Waals surface area contributed by atoms with Gasteiger partial charge >= 0.3 is 0 Å². The quantitative estimate of drug-likeness (QED) is 0.182. The van der Waals surface area contributed by atoms with E-state index in [1.165, 1.54) is 5.56 Å². The van der Waals surface area contributed by atoms with Crippen molar-refractivity contribution in [2.75, 3.05) is 19.6 Å². The lowest BCUT2D eigenvalue weighted by molar-refractivity contribution is 0.289. The second kappa shape index (κ2) is 10.7. The number of hydrogen-bond acceptors (Lipinski definition) is 8. The molecule has 8 heteroatoms. The first-order valence-electron chi connectivity index (χ1n) is 17.5. The third-order valence-electron chi connectivity index (χ3n) is 11.0. The Morgan fingerprint density at radius 3 is 1.65 bits per heavy atom. The molecular formula is C43H32N8. The van der Waals surface area contributed by atoms with E-state index in [2.05, 4.69) is 141 Å². The van der Waals surface area contributed by atoms with Crippen LogP contribution in [0, 0.1) is 5.92 Å². The summed E-state index contributed by atoms with van der Waals surface area (Å²) in [6.45, 7) is 4.78. The fourth-order valence-corrected chi connectivity index (χ4v) is 9.03. The second-order valence-electron chi connectivity index (χ2n) is 13.6. The maximum atomic E-state index is 5.40. The van der Waals surface area contributed by atoms with Gasteiger partial charge in [-0.25, -0.2) is 19.9 Å². The zero-order chi connectivity index (χ0) is 33.6. The van der Waals surface area contributed by atoms with Crippen molar-refractivity contribution in [3.8, 4) is 0 Å². The van der Waals surface area contributed by atoms with E-state index in [4.69, 9.17) is 26.5 Å². The topological polar surface area (TPSA) is 64.5 Å². The summed E-state index contributed by atoms with van der Waals surface area (Å²) in [5.41, 5.74) is 9.64. The van der Waals surface area contributed by atoms with Crippen molar-refractivity contribution in [1.82, 2.24) is 19.9 Å². The highest BCUT2D eigenvalue weighted by molar-refractivity contribution is 5.94. The van der Waals surface area contributed by atoms with Gasteiger partial charge in [-0.05, 0) is 66.1 Å². The molecule has 4 unspecified atom stereocenters. The van der Waals surface area contributed by atoms with E-state index in [9.17, 15) is 0 Å². The lowest BCUT2D eigenvalue weighted by atomic mass is 9.71. The lowest BCUT2D eigenvalue weighted by Gasteiger charge is -2.52. The van der Waals surface area contributed by atoms with Gasteiger partial charge in [0.05, 0.1) is 16.7 Å². The molecule has 4 atom stereocenters. The molecule has 0 N–H and O–H groups in total. The molecule has 11 rings (SSSR count). The van der Waals surface area contributed by atoms with Crippen molar-refractivity contribution < 1.29 is 0 Å². The largest absolute Gasteiger partial charge is 0.301 e. The lowest BCUT2D eigenvalue weighted by Crippen LogP contribution is -2.60. The second-order valence-corrected chi connectivity index (χ2v) is 13.6. The van der Waals surface area contributed by atoms with Crippen LogP contribution in [-0.2, 0) is 0 Å². The molecule has 5 aromatic carbocycles. The van der Waals surface area contributed by atoms with Crippen LogP contribution in [0.3, 0.4) is 0 Å². The highest BCUT2D eigenvalue weighted by atomic mass is 15.5. The first kappa shape index (κ1) is 28.3. The SMILES string of the molecule is C=C1CC2c3ccccc3N3c4nc5ccccc5nc4N(c4ccccc4)C3C2C2N(c3ccccc3)c3nccnc3N2c2ccccc21. The Hall–Kier alpha value is -6.54. The van der Waals surface area contributed by atoms with Crippen LogP contribution >= 0.6 is 0 Å². The highest BCUT2D eigenvalue weighted by Crippen LogP contribution is 2.62. The summed E-state index contributed by atoms with van der Waals surface area (Å²) in [7, 11) is 0. The summed E-state index contributed by atoms with van der Waals surface area (Å²) >= 11 is 0. The Morgan fingerprint density at radius 1 is 0.490 bits per heavy atom. The maximum absolute atomic E-state index is 5.40. The number of para-hydroxylation sites is 6. The number of benzene rings is 5. The average molecular weight is 661 g/mol. The van der Waals surface area contributed by atoms with Gasteiger partial charge in [-0.1, -0.05) is 91.5 Å². The Bertz CT molecular complexity index is 2500. The molecule has 2 aromatic heterocycles. The van der Waals surface area contributed by atoms with Crippen molar-refractivity contribution in [3.05, 3.63) is 164 Å². The zero-order valence-corrected chi connectivity index (χ0v) is 27.7. The smallest absolute Gasteiger partial charge is 0.179 e. The van der Waals surface area contributed by atoms with Crippen molar-refractivity contribution in [1.29, 1.82) is 0 Å². The average Bonchev–Trinajstić information content (AvgIpc) is 3.70. The highest BCUT2D eigenvalue weighted by Gasteiger charge is 2.59. The van der Waals surface area contributed by atoms with E-state index in [1.54, 1.807) is 6.20 Å². The summed E-state index contributed by atoms with van der Waals surface area (Å²) in [4.78, 5) is 30.7. The minimum absolute atomic E-state index is 0.0551. The molecule has 6 heterocycles. The number of fused-ring (bicyclic) bond motifs is 15.